The quantitative estimate of drug-likeness (QED) is 0.679. The van der Waals surface area contributed by atoms with E-state index in [0.717, 1.165) is 10.1 Å². The summed E-state index contributed by atoms with van der Waals surface area (Å²) in [7, 11) is 2.86. The summed E-state index contributed by atoms with van der Waals surface area (Å²) in [5, 5.41) is 0. The highest BCUT2D eigenvalue weighted by molar-refractivity contribution is 5.96. The smallest absolute Gasteiger partial charge is 0.330 e. The highest BCUT2D eigenvalue weighted by Gasteiger charge is 2.24. The van der Waals surface area contributed by atoms with Crippen molar-refractivity contribution < 1.29 is 14.3 Å². The summed E-state index contributed by atoms with van der Waals surface area (Å²) in [5.41, 5.74) is 5.38. The average Bonchev–Trinajstić information content (AvgIpc) is 2.61. The minimum atomic E-state index is -0.735. The summed E-state index contributed by atoms with van der Waals surface area (Å²) in [6.45, 7) is 0.241. The summed E-state index contributed by atoms with van der Waals surface area (Å²) < 4.78 is 11.0. The number of nitrogens with zero attached hydrogens (tertiary/aromatic N) is 2. The Balaban J connectivity index is 2.54. The second kappa shape index (κ2) is 8.97. The van der Waals surface area contributed by atoms with E-state index in [4.69, 9.17) is 15.2 Å². The Labute approximate surface area is 150 Å². The molecular formula is C17H22N4O5. The monoisotopic (exact) mass is 362 g/mol. The van der Waals surface area contributed by atoms with Gasteiger partial charge in [-0.2, -0.15) is 0 Å². The van der Waals surface area contributed by atoms with Crippen LogP contribution in [-0.4, -0.2) is 42.9 Å². The SMILES string of the molecule is COCCn1c(N)c(N(Cc2ccccc2)C(=O)COC)c(=O)[nH]c1=O. The lowest BCUT2D eigenvalue weighted by atomic mass is 10.2. The van der Waals surface area contributed by atoms with Crippen molar-refractivity contribution in [1.82, 2.24) is 9.55 Å². The van der Waals surface area contributed by atoms with Crippen molar-refractivity contribution in [3.8, 4) is 0 Å². The minimum absolute atomic E-state index is 0.0911. The Bertz CT molecular complexity index is 860. The van der Waals surface area contributed by atoms with Gasteiger partial charge in [0.05, 0.1) is 19.7 Å². The zero-order valence-corrected chi connectivity index (χ0v) is 14.7. The van der Waals surface area contributed by atoms with Gasteiger partial charge in [-0.25, -0.2) is 4.79 Å². The minimum Gasteiger partial charge on any atom is -0.383 e. The first-order valence-electron chi connectivity index (χ1n) is 7.94. The maximum absolute atomic E-state index is 12.5. The lowest BCUT2D eigenvalue weighted by Crippen LogP contribution is -2.42. The number of ether oxygens (including phenoxy) is 2. The van der Waals surface area contributed by atoms with E-state index >= 15 is 0 Å². The van der Waals surface area contributed by atoms with E-state index < -0.39 is 17.2 Å². The molecule has 0 spiro atoms. The van der Waals surface area contributed by atoms with Crippen molar-refractivity contribution in [1.29, 1.82) is 0 Å². The molecule has 140 valence electrons. The van der Waals surface area contributed by atoms with Gasteiger partial charge in [0.25, 0.3) is 11.5 Å². The molecule has 9 heteroatoms. The molecule has 2 rings (SSSR count). The van der Waals surface area contributed by atoms with Crippen LogP contribution >= 0.6 is 0 Å². The van der Waals surface area contributed by atoms with Gasteiger partial charge in [-0.3, -0.25) is 24.0 Å². The average molecular weight is 362 g/mol. The Morgan fingerprint density at radius 1 is 1.19 bits per heavy atom. The normalized spacial score (nSPS) is 10.7. The van der Waals surface area contributed by atoms with Crippen molar-refractivity contribution in [2.45, 2.75) is 13.1 Å². The van der Waals surface area contributed by atoms with Crippen LogP contribution in [0.1, 0.15) is 5.56 Å². The maximum Gasteiger partial charge on any atom is 0.330 e. The number of carbonyl (C=O) groups is 1. The number of nitrogen functional groups attached to an aromatic ring is 1. The number of aromatic nitrogens is 2. The molecule has 0 aliphatic carbocycles. The standard InChI is InChI=1S/C17H22N4O5/c1-25-9-8-20-15(18)14(16(23)19-17(20)24)21(13(22)11-26-2)10-12-6-4-3-5-7-12/h3-7H,8-11,18H2,1-2H3,(H,19,23,24). The molecule has 9 nitrogen and oxygen atoms in total. The van der Waals surface area contributed by atoms with E-state index in [1.54, 1.807) is 0 Å². The largest absolute Gasteiger partial charge is 0.383 e. The lowest BCUT2D eigenvalue weighted by molar-refractivity contribution is -0.122. The molecule has 3 N–H and O–H groups in total. The van der Waals surface area contributed by atoms with Crippen LogP contribution in [-0.2, 0) is 27.4 Å². The molecule has 0 aliphatic rings. The second-order valence-corrected chi connectivity index (χ2v) is 5.54. The Morgan fingerprint density at radius 3 is 2.50 bits per heavy atom. The van der Waals surface area contributed by atoms with Gasteiger partial charge in [0.15, 0.2) is 5.69 Å². The summed E-state index contributed by atoms with van der Waals surface area (Å²) in [6, 6.07) is 9.12. The van der Waals surface area contributed by atoms with E-state index in [1.165, 1.54) is 19.1 Å². The van der Waals surface area contributed by atoms with Crippen LogP contribution in [0.5, 0.6) is 0 Å². The number of benzene rings is 1. The predicted molar refractivity (Wildman–Crippen MR) is 97.1 cm³/mol. The number of carbonyl (C=O) groups excluding carboxylic acids is 1. The van der Waals surface area contributed by atoms with Crippen LogP contribution in [0.15, 0.2) is 39.9 Å². The fraction of sp³-hybridized carbons (Fsp3) is 0.353. The molecule has 0 radical (unpaired) electrons. The van der Waals surface area contributed by atoms with Gasteiger partial charge in [-0.05, 0) is 5.56 Å². The third-order valence-corrected chi connectivity index (χ3v) is 3.76. The van der Waals surface area contributed by atoms with Crippen LogP contribution < -0.4 is 21.9 Å². The molecule has 1 heterocycles. The van der Waals surface area contributed by atoms with Crippen molar-refractivity contribution in [2.24, 2.45) is 0 Å². The molecule has 0 aliphatic heterocycles. The first kappa shape index (κ1) is 19.4. The molecule has 26 heavy (non-hydrogen) atoms. The highest BCUT2D eigenvalue weighted by atomic mass is 16.5. The zero-order valence-electron chi connectivity index (χ0n) is 14.7. The Hall–Kier alpha value is -2.91. The van der Waals surface area contributed by atoms with Crippen molar-refractivity contribution in [3.63, 3.8) is 0 Å². The predicted octanol–water partition coefficient (Wildman–Crippen LogP) is -0.0552. The van der Waals surface area contributed by atoms with Gasteiger partial charge in [0.1, 0.15) is 12.4 Å². The maximum atomic E-state index is 12.5. The number of anilines is 2. The molecule has 0 atom stereocenters. The molecule has 0 unspecified atom stereocenters. The van der Waals surface area contributed by atoms with Crippen LogP contribution in [0.4, 0.5) is 11.5 Å². The number of aromatic amines is 1. The van der Waals surface area contributed by atoms with E-state index in [2.05, 4.69) is 4.98 Å². The number of H-pyrrole nitrogens is 1. The fourth-order valence-corrected chi connectivity index (χ4v) is 2.50. The molecule has 1 amide bonds. The topological polar surface area (TPSA) is 120 Å². The van der Waals surface area contributed by atoms with E-state index in [0.29, 0.717) is 0 Å². The van der Waals surface area contributed by atoms with E-state index in [9.17, 15) is 14.4 Å². The van der Waals surface area contributed by atoms with Gasteiger partial charge < -0.3 is 15.2 Å². The van der Waals surface area contributed by atoms with Crippen molar-refractivity contribution in [3.05, 3.63) is 56.7 Å². The number of rotatable bonds is 8. The number of nitrogens with one attached hydrogen (secondary N) is 1. The molecular weight excluding hydrogens is 340 g/mol. The van der Waals surface area contributed by atoms with Crippen LogP contribution in [0, 0.1) is 0 Å². The highest BCUT2D eigenvalue weighted by Crippen LogP contribution is 2.19. The number of hydrogen-bond donors (Lipinski definition) is 2. The molecule has 0 bridgehead atoms. The number of nitrogens with two attached hydrogens (primary N) is 1. The van der Waals surface area contributed by atoms with Crippen LogP contribution in [0.3, 0.4) is 0 Å². The number of hydrogen-bond acceptors (Lipinski definition) is 6. The summed E-state index contributed by atoms with van der Waals surface area (Å²) in [5.74, 6) is -0.554. The lowest BCUT2D eigenvalue weighted by Gasteiger charge is -2.24. The van der Waals surface area contributed by atoms with Gasteiger partial charge in [-0.1, -0.05) is 30.3 Å². The first-order chi connectivity index (χ1) is 12.5. The molecule has 0 fully saturated rings. The molecule has 2 aromatic rings. The zero-order chi connectivity index (χ0) is 19.1. The number of amides is 1. The summed E-state index contributed by atoms with van der Waals surface area (Å²) >= 11 is 0. The molecule has 1 aromatic heterocycles. The fourth-order valence-electron chi connectivity index (χ4n) is 2.50. The summed E-state index contributed by atoms with van der Waals surface area (Å²) in [6.07, 6.45) is 0. The third-order valence-electron chi connectivity index (χ3n) is 3.76. The van der Waals surface area contributed by atoms with Gasteiger partial charge in [-0.15, -0.1) is 0 Å². The van der Waals surface area contributed by atoms with Gasteiger partial charge >= 0.3 is 5.69 Å². The van der Waals surface area contributed by atoms with E-state index in [1.807, 2.05) is 30.3 Å². The third kappa shape index (κ3) is 4.38. The summed E-state index contributed by atoms with van der Waals surface area (Å²) in [4.78, 5) is 40.4. The van der Waals surface area contributed by atoms with E-state index in [-0.39, 0.29) is 37.8 Å². The molecule has 0 saturated carbocycles. The Kier molecular flexibility index (Phi) is 6.70. The molecule has 1 aromatic carbocycles. The Morgan fingerprint density at radius 2 is 1.88 bits per heavy atom. The van der Waals surface area contributed by atoms with Crippen molar-refractivity contribution >= 4 is 17.4 Å². The second-order valence-electron chi connectivity index (χ2n) is 5.54. The van der Waals surface area contributed by atoms with Crippen LogP contribution in [0.25, 0.3) is 0 Å². The van der Waals surface area contributed by atoms with Crippen molar-refractivity contribution in [2.75, 3.05) is 38.1 Å². The first-order valence-corrected chi connectivity index (χ1v) is 7.94. The molecule has 0 saturated heterocycles. The van der Waals surface area contributed by atoms with Crippen LogP contribution in [0.2, 0.25) is 0 Å². The van der Waals surface area contributed by atoms with Gasteiger partial charge in [0, 0.05) is 14.2 Å². The number of methoxy groups -OCH3 is 2. The van der Waals surface area contributed by atoms with Gasteiger partial charge in [0.2, 0.25) is 0 Å².